The van der Waals surface area contributed by atoms with Crippen LogP contribution >= 0.6 is 11.6 Å². The highest BCUT2D eigenvalue weighted by Crippen LogP contribution is 2.36. The standard InChI is InChI=1S/C35H39ClF3N7O3/c1-22-7-10-27(24(3)23(22)2)29-20-32(49-34(47)45(5)30-19-25(35(37,38)39)8-11-28(30)36)43-33(42-29)41-26-9-12-31(40-21-26)48-18-6-13-46-16-14-44(4)15-17-46/h7-12,19-21H,6,13-18H2,1-5H3,(H,41,42,43). The Morgan fingerprint density at radius 1 is 0.980 bits per heavy atom. The lowest BCUT2D eigenvalue weighted by Gasteiger charge is -2.32. The number of benzene rings is 2. The molecule has 5 rings (SSSR count). The zero-order valence-electron chi connectivity index (χ0n) is 28.1. The molecule has 0 atom stereocenters. The number of aromatic nitrogens is 3. The topological polar surface area (TPSA) is 95.9 Å². The van der Waals surface area contributed by atoms with Gasteiger partial charge in [-0.25, -0.2) is 14.8 Å². The molecule has 0 unspecified atom stereocenters. The molecule has 1 amide bonds. The Bertz CT molecular complexity index is 1780. The molecule has 260 valence electrons. The highest BCUT2D eigenvalue weighted by Gasteiger charge is 2.32. The third-order valence-corrected chi connectivity index (χ3v) is 8.91. The lowest BCUT2D eigenvalue weighted by Crippen LogP contribution is -2.44. The van der Waals surface area contributed by atoms with Crippen LogP contribution in [0, 0.1) is 20.8 Å². The number of nitrogens with one attached hydrogen (secondary N) is 1. The zero-order valence-corrected chi connectivity index (χ0v) is 28.8. The van der Waals surface area contributed by atoms with E-state index < -0.39 is 17.8 Å². The van der Waals surface area contributed by atoms with Gasteiger partial charge in [0.25, 0.3) is 0 Å². The van der Waals surface area contributed by atoms with Crippen molar-refractivity contribution >= 4 is 35.0 Å². The largest absolute Gasteiger partial charge is 0.478 e. The molecule has 1 saturated heterocycles. The molecule has 0 radical (unpaired) electrons. The Labute approximate surface area is 288 Å². The third kappa shape index (κ3) is 9.17. The Kier molecular flexibility index (Phi) is 11.3. The number of hydrogen-bond acceptors (Lipinski definition) is 9. The van der Waals surface area contributed by atoms with Crippen LogP contribution in [0.4, 0.5) is 35.3 Å². The molecule has 0 aliphatic carbocycles. The number of hydrogen-bond donors (Lipinski definition) is 1. The average molecular weight is 698 g/mol. The van der Waals surface area contributed by atoms with E-state index in [1.807, 2.05) is 32.9 Å². The number of pyridine rings is 1. The van der Waals surface area contributed by atoms with Crippen LogP contribution in [0.2, 0.25) is 5.02 Å². The number of alkyl halides is 3. The molecule has 3 heterocycles. The molecule has 14 heteroatoms. The highest BCUT2D eigenvalue weighted by atomic mass is 35.5. The number of nitrogens with zero attached hydrogens (tertiary/aromatic N) is 6. The number of carbonyl (C=O) groups excluding carboxylic acids is 1. The van der Waals surface area contributed by atoms with Gasteiger partial charge in [0, 0.05) is 57.5 Å². The summed E-state index contributed by atoms with van der Waals surface area (Å²) in [7, 11) is 3.40. The first-order valence-electron chi connectivity index (χ1n) is 15.8. The van der Waals surface area contributed by atoms with Gasteiger partial charge in [-0.2, -0.15) is 18.2 Å². The summed E-state index contributed by atoms with van der Waals surface area (Å²) in [6.45, 7) is 11.8. The molecule has 1 aliphatic heterocycles. The fourth-order valence-electron chi connectivity index (χ4n) is 5.31. The second kappa shape index (κ2) is 15.4. The Hall–Kier alpha value is -4.46. The Morgan fingerprint density at radius 3 is 2.43 bits per heavy atom. The molecule has 4 aromatic rings. The van der Waals surface area contributed by atoms with Crippen molar-refractivity contribution in [3.05, 3.63) is 82.0 Å². The minimum Gasteiger partial charge on any atom is -0.478 e. The summed E-state index contributed by atoms with van der Waals surface area (Å²) < 4.78 is 51.6. The van der Waals surface area contributed by atoms with Gasteiger partial charge in [0.15, 0.2) is 0 Å². The molecule has 0 spiro atoms. The molecular weight excluding hydrogens is 659 g/mol. The predicted octanol–water partition coefficient (Wildman–Crippen LogP) is 7.53. The van der Waals surface area contributed by atoms with Crippen molar-refractivity contribution in [1.29, 1.82) is 0 Å². The van der Waals surface area contributed by atoms with Gasteiger partial charge >= 0.3 is 12.3 Å². The molecule has 10 nitrogen and oxygen atoms in total. The van der Waals surface area contributed by atoms with Gasteiger partial charge in [-0.3, -0.25) is 4.90 Å². The van der Waals surface area contributed by atoms with E-state index in [-0.39, 0.29) is 22.5 Å². The SMILES string of the molecule is Cc1ccc(-c2cc(OC(=O)N(C)c3cc(C(F)(F)F)ccc3Cl)nc(Nc3ccc(OCCCN4CCN(C)CC4)nc3)n2)c(C)c1C. The Morgan fingerprint density at radius 2 is 1.73 bits per heavy atom. The van der Waals surface area contributed by atoms with Crippen LogP contribution < -0.4 is 19.7 Å². The zero-order chi connectivity index (χ0) is 35.3. The van der Waals surface area contributed by atoms with Crippen LogP contribution in [-0.2, 0) is 6.18 Å². The molecule has 1 aliphatic rings. The molecule has 2 aromatic carbocycles. The van der Waals surface area contributed by atoms with E-state index in [9.17, 15) is 18.0 Å². The fourth-order valence-corrected chi connectivity index (χ4v) is 5.56. The molecule has 0 saturated carbocycles. The third-order valence-electron chi connectivity index (χ3n) is 8.59. The summed E-state index contributed by atoms with van der Waals surface area (Å²) in [5.41, 5.74) is 3.84. The first-order valence-corrected chi connectivity index (χ1v) is 16.2. The van der Waals surface area contributed by atoms with Gasteiger partial charge in [0.2, 0.25) is 17.7 Å². The van der Waals surface area contributed by atoms with Crippen molar-refractivity contribution in [2.24, 2.45) is 0 Å². The summed E-state index contributed by atoms with van der Waals surface area (Å²) in [5.74, 6) is 0.467. The maximum atomic E-state index is 13.4. The van der Waals surface area contributed by atoms with E-state index >= 15 is 0 Å². The maximum absolute atomic E-state index is 13.4. The Balaban J connectivity index is 1.33. The number of amides is 1. The van der Waals surface area contributed by atoms with Crippen LogP contribution in [0.5, 0.6) is 11.8 Å². The van der Waals surface area contributed by atoms with Crippen LogP contribution in [0.25, 0.3) is 11.3 Å². The van der Waals surface area contributed by atoms with E-state index in [1.54, 1.807) is 18.3 Å². The van der Waals surface area contributed by atoms with Crippen molar-refractivity contribution in [2.75, 3.05) is 63.6 Å². The normalized spacial score (nSPS) is 14.1. The monoisotopic (exact) mass is 697 g/mol. The summed E-state index contributed by atoms with van der Waals surface area (Å²) in [5, 5.41) is 3.05. The van der Waals surface area contributed by atoms with Gasteiger partial charge in [0.1, 0.15) is 0 Å². The van der Waals surface area contributed by atoms with E-state index in [0.29, 0.717) is 23.9 Å². The summed E-state index contributed by atoms with van der Waals surface area (Å²) in [6.07, 6.45) is -3.15. The highest BCUT2D eigenvalue weighted by molar-refractivity contribution is 6.33. The lowest BCUT2D eigenvalue weighted by molar-refractivity contribution is -0.137. The first-order chi connectivity index (χ1) is 23.3. The smallest absolute Gasteiger partial charge is 0.420 e. The first kappa shape index (κ1) is 35.8. The van der Waals surface area contributed by atoms with Gasteiger partial charge < -0.3 is 24.6 Å². The average Bonchev–Trinajstić information content (AvgIpc) is 3.06. The number of aryl methyl sites for hydroxylation is 1. The molecule has 0 bridgehead atoms. The summed E-state index contributed by atoms with van der Waals surface area (Å²) in [6, 6.07) is 11.6. The van der Waals surface area contributed by atoms with Crippen LogP contribution in [0.1, 0.15) is 28.7 Å². The van der Waals surface area contributed by atoms with Crippen LogP contribution in [0.15, 0.2) is 54.7 Å². The van der Waals surface area contributed by atoms with Gasteiger partial charge in [-0.15, -0.1) is 0 Å². The summed E-state index contributed by atoms with van der Waals surface area (Å²) in [4.78, 5) is 32.3. The van der Waals surface area contributed by atoms with Crippen molar-refractivity contribution in [3.8, 4) is 23.0 Å². The van der Waals surface area contributed by atoms with E-state index in [1.165, 1.54) is 13.1 Å². The van der Waals surface area contributed by atoms with E-state index in [4.69, 9.17) is 21.1 Å². The van der Waals surface area contributed by atoms with Crippen molar-refractivity contribution < 1.29 is 27.4 Å². The van der Waals surface area contributed by atoms with Gasteiger partial charge in [0.05, 0.1) is 40.5 Å². The number of carbonyl (C=O) groups is 1. The lowest BCUT2D eigenvalue weighted by atomic mass is 9.97. The molecule has 1 fully saturated rings. The van der Waals surface area contributed by atoms with Crippen molar-refractivity contribution in [1.82, 2.24) is 24.8 Å². The minimum absolute atomic E-state index is 0.0566. The quantitative estimate of drug-likeness (QED) is 0.169. The number of piperazine rings is 1. The minimum atomic E-state index is -4.62. The van der Waals surface area contributed by atoms with Gasteiger partial charge in [-0.05, 0) is 75.2 Å². The maximum Gasteiger partial charge on any atom is 0.420 e. The van der Waals surface area contributed by atoms with E-state index in [0.717, 1.165) is 84.5 Å². The van der Waals surface area contributed by atoms with Crippen LogP contribution in [0.3, 0.4) is 0 Å². The fraction of sp³-hybridized carbons (Fsp3) is 0.371. The number of ether oxygens (including phenoxy) is 2. The molecule has 49 heavy (non-hydrogen) atoms. The second-order valence-electron chi connectivity index (χ2n) is 12.0. The molecule has 1 N–H and O–H groups in total. The van der Waals surface area contributed by atoms with Crippen molar-refractivity contribution in [2.45, 2.75) is 33.4 Å². The number of anilines is 3. The van der Waals surface area contributed by atoms with Crippen molar-refractivity contribution in [3.63, 3.8) is 0 Å². The van der Waals surface area contributed by atoms with Gasteiger partial charge in [-0.1, -0.05) is 23.7 Å². The number of likely N-dealkylation sites (N-methyl/N-ethyl adjacent to an activating group) is 1. The number of rotatable bonds is 10. The molecular formula is C35H39ClF3N7O3. The van der Waals surface area contributed by atoms with E-state index in [2.05, 4.69) is 37.1 Å². The van der Waals surface area contributed by atoms with Crippen LogP contribution in [-0.4, -0.2) is 84.3 Å². The second-order valence-corrected chi connectivity index (χ2v) is 12.5. The predicted molar refractivity (Wildman–Crippen MR) is 184 cm³/mol. The number of halogens is 4. The summed E-state index contributed by atoms with van der Waals surface area (Å²) >= 11 is 6.17. The molecule has 2 aromatic heterocycles.